The SMILES string of the molecule is CC(C)c1ccc(-c2ccc(-c3cccc4ccccc34)cc2)cc1. The Labute approximate surface area is 149 Å². The van der Waals surface area contributed by atoms with E-state index < -0.39 is 0 Å². The first kappa shape index (κ1) is 15.7. The second-order valence-electron chi connectivity index (χ2n) is 6.88. The molecular formula is C25H22. The van der Waals surface area contributed by atoms with Crippen molar-refractivity contribution in [3.05, 3.63) is 96.6 Å². The highest BCUT2D eigenvalue weighted by atomic mass is 14.1. The van der Waals surface area contributed by atoms with E-state index in [4.69, 9.17) is 0 Å². The van der Waals surface area contributed by atoms with Gasteiger partial charge in [-0.05, 0) is 44.5 Å². The van der Waals surface area contributed by atoms with Crippen molar-refractivity contribution in [3.63, 3.8) is 0 Å². The zero-order valence-corrected chi connectivity index (χ0v) is 14.7. The van der Waals surface area contributed by atoms with Gasteiger partial charge in [0.05, 0.1) is 0 Å². The lowest BCUT2D eigenvalue weighted by molar-refractivity contribution is 0.867. The third-order valence-electron chi connectivity index (χ3n) is 4.90. The average Bonchev–Trinajstić information content (AvgIpc) is 2.68. The molecule has 0 N–H and O–H groups in total. The van der Waals surface area contributed by atoms with Crippen LogP contribution in [0.15, 0.2) is 91.0 Å². The smallest absolute Gasteiger partial charge is 0.0105 e. The lowest BCUT2D eigenvalue weighted by Gasteiger charge is -2.09. The van der Waals surface area contributed by atoms with Crippen molar-refractivity contribution in [3.8, 4) is 22.3 Å². The summed E-state index contributed by atoms with van der Waals surface area (Å²) in [6, 6.07) is 32.9. The van der Waals surface area contributed by atoms with Gasteiger partial charge in [0.15, 0.2) is 0 Å². The van der Waals surface area contributed by atoms with E-state index in [-0.39, 0.29) is 0 Å². The fourth-order valence-electron chi connectivity index (χ4n) is 3.38. The first-order valence-electron chi connectivity index (χ1n) is 8.91. The topological polar surface area (TPSA) is 0 Å². The van der Waals surface area contributed by atoms with Crippen molar-refractivity contribution < 1.29 is 0 Å². The molecule has 0 saturated heterocycles. The number of hydrogen-bond acceptors (Lipinski definition) is 0. The van der Waals surface area contributed by atoms with E-state index in [1.807, 2.05) is 0 Å². The molecule has 0 radical (unpaired) electrons. The Morgan fingerprint density at radius 2 is 1.08 bits per heavy atom. The van der Waals surface area contributed by atoms with Gasteiger partial charge in [-0.3, -0.25) is 0 Å². The predicted molar refractivity (Wildman–Crippen MR) is 109 cm³/mol. The highest BCUT2D eigenvalue weighted by Gasteiger charge is 2.05. The normalized spacial score (nSPS) is 11.2. The summed E-state index contributed by atoms with van der Waals surface area (Å²) in [4.78, 5) is 0. The average molecular weight is 322 g/mol. The van der Waals surface area contributed by atoms with E-state index in [0.717, 1.165) is 0 Å². The van der Waals surface area contributed by atoms with E-state index in [0.29, 0.717) is 5.92 Å². The molecule has 0 bridgehead atoms. The Morgan fingerprint density at radius 1 is 0.520 bits per heavy atom. The standard InChI is InChI=1S/C25H22/c1-18(2)19-10-12-20(13-11-19)21-14-16-23(17-15-21)25-9-5-7-22-6-3-4-8-24(22)25/h3-18H,1-2H3. The van der Waals surface area contributed by atoms with Gasteiger partial charge in [0.25, 0.3) is 0 Å². The number of fused-ring (bicyclic) bond motifs is 1. The third-order valence-corrected chi connectivity index (χ3v) is 4.90. The fraction of sp³-hybridized carbons (Fsp3) is 0.120. The summed E-state index contributed by atoms with van der Waals surface area (Å²) in [5.41, 5.74) is 6.48. The van der Waals surface area contributed by atoms with Gasteiger partial charge in [-0.15, -0.1) is 0 Å². The fourth-order valence-corrected chi connectivity index (χ4v) is 3.38. The summed E-state index contributed by atoms with van der Waals surface area (Å²) in [7, 11) is 0. The van der Waals surface area contributed by atoms with E-state index in [2.05, 4.69) is 105 Å². The predicted octanol–water partition coefficient (Wildman–Crippen LogP) is 7.30. The molecular weight excluding hydrogens is 300 g/mol. The molecule has 4 aromatic rings. The van der Waals surface area contributed by atoms with Crippen LogP contribution < -0.4 is 0 Å². The lowest BCUT2D eigenvalue weighted by Crippen LogP contribution is -1.87. The lowest BCUT2D eigenvalue weighted by atomic mass is 9.95. The van der Waals surface area contributed by atoms with Crippen molar-refractivity contribution >= 4 is 10.8 Å². The summed E-state index contributed by atoms with van der Waals surface area (Å²) in [5, 5.41) is 2.59. The van der Waals surface area contributed by atoms with Crippen LogP contribution in [0.5, 0.6) is 0 Å². The summed E-state index contributed by atoms with van der Waals surface area (Å²) < 4.78 is 0. The Bertz CT molecular complexity index is 985. The van der Waals surface area contributed by atoms with Gasteiger partial charge in [-0.2, -0.15) is 0 Å². The van der Waals surface area contributed by atoms with Crippen LogP contribution in [0.2, 0.25) is 0 Å². The molecule has 0 saturated carbocycles. The van der Waals surface area contributed by atoms with Crippen molar-refractivity contribution in [2.24, 2.45) is 0 Å². The quantitative estimate of drug-likeness (QED) is 0.371. The van der Waals surface area contributed by atoms with Gasteiger partial charge in [0.1, 0.15) is 0 Å². The largest absolute Gasteiger partial charge is 0.0616 e. The van der Waals surface area contributed by atoms with Gasteiger partial charge in [0.2, 0.25) is 0 Å². The van der Waals surface area contributed by atoms with E-state index in [9.17, 15) is 0 Å². The van der Waals surface area contributed by atoms with Gasteiger partial charge in [-0.25, -0.2) is 0 Å². The van der Waals surface area contributed by atoms with Crippen molar-refractivity contribution in [2.75, 3.05) is 0 Å². The van der Waals surface area contributed by atoms with Gasteiger partial charge >= 0.3 is 0 Å². The summed E-state index contributed by atoms with van der Waals surface area (Å²) >= 11 is 0. The van der Waals surface area contributed by atoms with Crippen LogP contribution >= 0.6 is 0 Å². The number of rotatable bonds is 3. The summed E-state index contributed by atoms with van der Waals surface area (Å²) in [6.07, 6.45) is 0. The van der Waals surface area contributed by atoms with E-state index in [1.165, 1.54) is 38.6 Å². The Balaban J connectivity index is 1.70. The number of hydrogen-bond donors (Lipinski definition) is 0. The molecule has 4 rings (SSSR count). The molecule has 0 atom stereocenters. The molecule has 0 aromatic heterocycles. The Morgan fingerprint density at radius 3 is 1.76 bits per heavy atom. The molecule has 0 heteroatoms. The minimum atomic E-state index is 0.572. The molecule has 25 heavy (non-hydrogen) atoms. The first-order chi connectivity index (χ1) is 12.2. The van der Waals surface area contributed by atoms with Crippen LogP contribution in [0, 0.1) is 0 Å². The molecule has 0 spiro atoms. The maximum absolute atomic E-state index is 2.23. The van der Waals surface area contributed by atoms with Gasteiger partial charge < -0.3 is 0 Å². The third kappa shape index (κ3) is 3.08. The van der Waals surface area contributed by atoms with Crippen molar-refractivity contribution in [1.29, 1.82) is 0 Å². The maximum atomic E-state index is 2.23. The van der Waals surface area contributed by atoms with Crippen LogP contribution in [-0.2, 0) is 0 Å². The molecule has 0 fully saturated rings. The van der Waals surface area contributed by atoms with Crippen LogP contribution in [0.1, 0.15) is 25.3 Å². The zero-order valence-electron chi connectivity index (χ0n) is 14.7. The van der Waals surface area contributed by atoms with Gasteiger partial charge in [0, 0.05) is 0 Å². The monoisotopic (exact) mass is 322 g/mol. The highest BCUT2D eigenvalue weighted by Crippen LogP contribution is 2.30. The summed E-state index contributed by atoms with van der Waals surface area (Å²) in [6.45, 7) is 4.46. The van der Waals surface area contributed by atoms with Crippen molar-refractivity contribution in [1.82, 2.24) is 0 Å². The van der Waals surface area contributed by atoms with Crippen LogP contribution in [-0.4, -0.2) is 0 Å². The van der Waals surface area contributed by atoms with Crippen LogP contribution in [0.4, 0.5) is 0 Å². The molecule has 0 amide bonds. The minimum absolute atomic E-state index is 0.572. The first-order valence-corrected chi connectivity index (χ1v) is 8.91. The molecule has 0 heterocycles. The number of benzene rings is 4. The van der Waals surface area contributed by atoms with E-state index in [1.54, 1.807) is 0 Å². The molecule has 0 aliphatic carbocycles. The van der Waals surface area contributed by atoms with Crippen molar-refractivity contribution in [2.45, 2.75) is 19.8 Å². The highest BCUT2D eigenvalue weighted by molar-refractivity contribution is 5.96. The van der Waals surface area contributed by atoms with Gasteiger partial charge in [-0.1, -0.05) is 105 Å². The molecule has 0 aliphatic heterocycles. The van der Waals surface area contributed by atoms with Crippen LogP contribution in [0.3, 0.4) is 0 Å². The molecule has 0 aliphatic rings. The Kier molecular flexibility index (Phi) is 4.11. The second-order valence-corrected chi connectivity index (χ2v) is 6.88. The zero-order chi connectivity index (χ0) is 17.2. The molecule has 122 valence electrons. The second kappa shape index (κ2) is 6.57. The van der Waals surface area contributed by atoms with E-state index >= 15 is 0 Å². The summed E-state index contributed by atoms with van der Waals surface area (Å²) in [5.74, 6) is 0.572. The maximum Gasteiger partial charge on any atom is -0.0105 e. The molecule has 0 unspecified atom stereocenters. The molecule has 0 nitrogen and oxygen atoms in total. The molecule has 4 aromatic carbocycles. The van der Waals surface area contributed by atoms with Crippen LogP contribution in [0.25, 0.3) is 33.0 Å². The Hall–Kier alpha value is -2.86. The minimum Gasteiger partial charge on any atom is -0.0616 e.